The number of aryl methyl sites for hydroxylation is 3. The molecule has 0 aliphatic heterocycles. The molecule has 2 aromatic rings. The fraction of sp³-hybridized carbons (Fsp3) is 0.538. The minimum absolute atomic E-state index is 0. The van der Waals surface area contributed by atoms with Crippen LogP contribution >= 0.6 is 12.4 Å². The lowest BCUT2D eigenvalue weighted by atomic mass is 10.3. The molecule has 0 saturated carbocycles. The quantitative estimate of drug-likeness (QED) is 0.887. The highest BCUT2D eigenvalue weighted by atomic mass is 35.5. The predicted octanol–water partition coefficient (Wildman–Crippen LogP) is 2.85. The van der Waals surface area contributed by atoms with E-state index in [0.717, 1.165) is 37.4 Å². The number of hydrogen-bond acceptors (Lipinski definition) is 3. The number of rotatable bonds is 6. The summed E-state index contributed by atoms with van der Waals surface area (Å²) in [6, 6.07) is 0. The van der Waals surface area contributed by atoms with Crippen LogP contribution in [0.5, 0.6) is 0 Å². The summed E-state index contributed by atoms with van der Waals surface area (Å²) in [5.41, 5.74) is 3.34. The fourth-order valence-electron chi connectivity index (χ4n) is 1.90. The van der Waals surface area contributed by atoms with Crippen LogP contribution in [0.1, 0.15) is 31.5 Å². The Balaban J connectivity index is 0.00000180. The molecule has 0 aliphatic rings. The SMILES string of the molecule is CCCn1cc(CNc2cn(CC)nc2C)cn1.Cl. The maximum absolute atomic E-state index is 4.41. The van der Waals surface area contributed by atoms with Gasteiger partial charge in [0, 0.05) is 37.6 Å². The number of aromatic nitrogens is 4. The van der Waals surface area contributed by atoms with Crippen LogP contribution in [0, 0.1) is 6.92 Å². The van der Waals surface area contributed by atoms with Gasteiger partial charge in [0.25, 0.3) is 0 Å². The van der Waals surface area contributed by atoms with Crippen molar-refractivity contribution in [1.82, 2.24) is 19.6 Å². The molecule has 0 fully saturated rings. The van der Waals surface area contributed by atoms with Crippen LogP contribution in [-0.2, 0) is 19.6 Å². The van der Waals surface area contributed by atoms with Crippen molar-refractivity contribution in [3.8, 4) is 0 Å². The molecule has 106 valence electrons. The summed E-state index contributed by atoms with van der Waals surface area (Å²) < 4.78 is 3.93. The van der Waals surface area contributed by atoms with Gasteiger partial charge in [-0.05, 0) is 20.3 Å². The van der Waals surface area contributed by atoms with E-state index in [-0.39, 0.29) is 12.4 Å². The summed E-state index contributed by atoms with van der Waals surface area (Å²) in [6.07, 6.45) is 7.17. The second-order valence-corrected chi connectivity index (χ2v) is 4.45. The van der Waals surface area contributed by atoms with E-state index in [2.05, 4.69) is 35.6 Å². The molecular weight excluding hydrogens is 262 g/mol. The van der Waals surface area contributed by atoms with Gasteiger partial charge in [0.05, 0.1) is 17.6 Å². The molecule has 2 rings (SSSR count). The molecule has 1 N–H and O–H groups in total. The molecule has 0 radical (unpaired) electrons. The molecule has 0 aliphatic carbocycles. The van der Waals surface area contributed by atoms with Crippen LogP contribution in [0.3, 0.4) is 0 Å². The van der Waals surface area contributed by atoms with Gasteiger partial charge in [-0.2, -0.15) is 10.2 Å². The van der Waals surface area contributed by atoms with Crippen molar-refractivity contribution in [2.24, 2.45) is 0 Å². The third-order valence-electron chi connectivity index (χ3n) is 2.89. The van der Waals surface area contributed by atoms with Crippen LogP contribution in [0.4, 0.5) is 5.69 Å². The second-order valence-electron chi connectivity index (χ2n) is 4.45. The van der Waals surface area contributed by atoms with E-state index in [1.807, 2.05) is 28.7 Å². The third kappa shape index (κ3) is 3.99. The minimum atomic E-state index is 0. The first-order valence-corrected chi connectivity index (χ1v) is 6.52. The Kier molecular flexibility index (Phi) is 5.89. The molecular formula is C13H22ClN5. The zero-order chi connectivity index (χ0) is 13.0. The van der Waals surface area contributed by atoms with Gasteiger partial charge in [0.15, 0.2) is 0 Å². The smallest absolute Gasteiger partial charge is 0.0825 e. The van der Waals surface area contributed by atoms with Gasteiger partial charge < -0.3 is 5.32 Å². The fourth-order valence-corrected chi connectivity index (χ4v) is 1.90. The van der Waals surface area contributed by atoms with Gasteiger partial charge in [0.1, 0.15) is 0 Å². The molecule has 0 spiro atoms. The van der Waals surface area contributed by atoms with Crippen LogP contribution in [0.25, 0.3) is 0 Å². The van der Waals surface area contributed by atoms with Crippen molar-refractivity contribution in [2.75, 3.05) is 5.32 Å². The van der Waals surface area contributed by atoms with Gasteiger partial charge >= 0.3 is 0 Å². The summed E-state index contributed by atoms with van der Waals surface area (Å²) in [5, 5.41) is 12.1. The van der Waals surface area contributed by atoms with E-state index in [1.165, 1.54) is 5.56 Å². The summed E-state index contributed by atoms with van der Waals surface area (Å²) >= 11 is 0. The Hall–Kier alpha value is -1.49. The highest BCUT2D eigenvalue weighted by molar-refractivity contribution is 5.85. The maximum atomic E-state index is 4.41. The van der Waals surface area contributed by atoms with Gasteiger partial charge in [0.2, 0.25) is 0 Å². The van der Waals surface area contributed by atoms with E-state index in [0.29, 0.717) is 0 Å². The Morgan fingerprint density at radius 1 is 1.21 bits per heavy atom. The van der Waals surface area contributed by atoms with Crippen molar-refractivity contribution >= 4 is 18.1 Å². The van der Waals surface area contributed by atoms with E-state index in [4.69, 9.17) is 0 Å². The van der Waals surface area contributed by atoms with Gasteiger partial charge in [-0.25, -0.2) is 0 Å². The molecule has 6 heteroatoms. The number of nitrogens with zero attached hydrogens (tertiary/aromatic N) is 4. The van der Waals surface area contributed by atoms with Crippen molar-refractivity contribution in [3.63, 3.8) is 0 Å². The van der Waals surface area contributed by atoms with E-state index < -0.39 is 0 Å². The number of halogens is 1. The van der Waals surface area contributed by atoms with E-state index in [9.17, 15) is 0 Å². The first-order valence-electron chi connectivity index (χ1n) is 6.52. The zero-order valence-corrected chi connectivity index (χ0v) is 12.6. The van der Waals surface area contributed by atoms with E-state index in [1.54, 1.807) is 0 Å². The van der Waals surface area contributed by atoms with Crippen LogP contribution < -0.4 is 5.32 Å². The van der Waals surface area contributed by atoms with Crippen molar-refractivity contribution in [3.05, 3.63) is 29.8 Å². The normalized spacial score (nSPS) is 10.3. The number of nitrogens with one attached hydrogen (secondary N) is 1. The Morgan fingerprint density at radius 2 is 2.00 bits per heavy atom. The number of anilines is 1. The lowest BCUT2D eigenvalue weighted by molar-refractivity contribution is 0.602. The maximum Gasteiger partial charge on any atom is 0.0825 e. The molecule has 0 atom stereocenters. The first-order chi connectivity index (χ1) is 8.72. The average Bonchev–Trinajstić information content (AvgIpc) is 2.94. The van der Waals surface area contributed by atoms with Crippen molar-refractivity contribution in [2.45, 2.75) is 46.8 Å². The molecule has 0 aromatic carbocycles. The summed E-state index contributed by atoms with van der Waals surface area (Å²) in [7, 11) is 0. The average molecular weight is 284 g/mol. The van der Waals surface area contributed by atoms with Crippen LogP contribution in [0.15, 0.2) is 18.6 Å². The Bertz CT molecular complexity index is 503. The van der Waals surface area contributed by atoms with Crippen molar-refractivity contribution in [1.29, 1.82) is 0 Å². The minimum Gasteiger partial charge on any atom is -0.378 e. The van der Waals surface area contributed by atoms with Crippen LogP contribution in [0.2, 0.25) is 0 Å². The summed E-state index contributed by atoms with van der Waals surface area (Å²) in [4.78, 5) is 0. The molecule has 19 heavy (non-hydrogen) atoms. The lowest BCUT2D eigenvalue weighted by Gasteiger charge is -2.01. The monoisotopic (exact) mass is 283 g/mol. The van der Waals surface area contributed by atoms with Gasteiger partial charge in [-0.1, -0.05) is 6.92 Å². The third-order valence-corrected chi connectivity index (χ3v) is 2.89. The Labute approximate surface area is 120 Å². The lowest BCUT2D eigenvalue weighted by Crippen LogP contribution is -1.99. The molecule has 2 aromatic heterocycles. The molecule has 0 unspecified atom stereocenters. The summed E-state index contributed by atoms with van der Waals surface area (Å²) in [6.45, 7) is 8.94. The highest BCUT2D eigenvalue weighted by Gasteiger charge is 2.04. The number of hydrogen-bond donors (Lipinski definition) is 1. The van der Waals surface area contributed by atoms with Crippen molar-refractivity contribution < 1.29 is 0 Å². The van der Waals surface area contributed by atoms with Crippen LogP contribution in [-0.4, -0.2) is 19.6 Å². The molecule has 0 bridgehead atoms. The van der Waals surface area contributed by atoms with E-state index >= 15 is 0 Å². The topological polar surface area (TPSA) is 47.7 Å². The molecule has 0 saturated heterocycles. The predicted molar refractivity (Wildman–Crippen MR) is 79.7 cm³/mol. The largest absolute Gasteiger partial charge is 0.378 e. The van der Waals surface area contributed by atoms with Gasteiger partial charge in [-0.3, -0.25) is 9.36 Å². The molecule has 5 nitrogen and oxygen atoms in total. The zero-order valence-electron chi connectivity index (χ0n) is 11.8. The highest BCUT2D eigenvalue weighted by Crippen LogP contribution is 2.13. The first kappa shape index (κ1) is 15.6. The molecule has 2 heterocycles. The molecule has 0 amide bonds. The summed E-state index contributed by atoms with van der Waals surface area (Å²) in [5.74, 6) is 0. The Morgan fingerprint density at radius 3 is 2.63 bits per heavy atom. The van der Waals surface area contributed by atoms with Gasteiger partial charge in [-0.15, -0.1) is 12.4 Å². The standard InChI is InChI=1S/C13H21N5.ClH/c1-4-6-18-9-12(8-15-18)7-14-13-10-17(5-2)16-11(13)3;/h8-10,14H,4-7H2,1-3H3;1H. The second kappa shape index (κ2) is 7.19.